The average molecular weight is 672 g/mol. The number of hydrogen-bond acceptors (Lipinski definition) is 7. The van der Waals surface area contributed by atoms with Gasteiger partial charge in [0.15, 0.2) is 6.23 Å². The summed E-state index contributed by atoms with van der Waals surface area (Å²) in [5, 5.41) is 5.93. The standard InChI is InChI=1S/C34H27F2N5O6S/c1-37-34(43)31-22-13-21(26(40(2)48(3,44)45)15-29(22)47-33(31)18-7-9-19(35)10-8-18)24-11-12-28-32(39-24)27-14-20-23(36)5-4-6-25(20)41(27)30(46-28)16-38-17-42/h4-15,17,30H,16H2,1-3H3,(H,37,43)(H,38,42). The maximum atomic E-state index is 15.0. The number of hydrogen-bond donors (Lipinski definition) is 2. The summed E-state index contributed by atoms with van der Waals surface area (Å²) >= 11 is 0. The molecule has 0 fully saturated rings. The molecule has 1 aliphatic heterocycles. The molecule has 6 aromatic rings. The van der Waals surface area contributed by atoms with Crippen molar-refractivity contribution < 1.29 is 35.9 Å². The van der Waals surface area contributed by atoms with Crippen molar-refractivity contribution in [3.63, 3.8) is 0 Å². The first kappa shape index (κ1) is 30.9. The molecule has 1 unspecified atom stereocenters. The molecule has 0 aliphatic carbocycles. The third-order valence-electron chi connectivity index (χ3n) is 8.34. The molecule has 0 radical (unpaired) electrons. The van der Waals surface area contributed by atoms with Crippen molar-refractivity contribution in [2.24, 2.45) is 0 Å². The van der Waals surface area contributed by atoms with E-state index in [1.54, 1.807) is 41.0 Å². The molecule has 1 aliphatic rings. The van der Waals surface area contributed by atoms with Crippen LogP contribution in [0.4, 0.5) is 14.5 Å². The van der Waals surface area contributed by atoms with Crippen molar-refractivity contribution in [1.82, 2.24) is 20.2 Å². The number of furan rings is 1. The van der Waals surface area contributed by atoms with Gasteiger partial charge in [-0.15, -0.1) is 0 Å². The van der Waals surface area contributed by atoms with Crippen molar-refractivity contribution in [2.45, 2.75) is 6.23 Å². The highest BCUT2D eigenvalue weighted by atomic mass is 32.2. The Kier molecular flexibility index (Phi) is 7.39. The number of ether oxygens (including phenoxy) is 1. The lowest BCUT2D eigenvalue weighted by atomic mass is 10.0. The number of fused-ring (bicyclic) bond motifs is 6. The van der Waals surface area contributed by atoms with Gasteiger partial charge in [-0.25, -0.2) is 22.2 Å². The molecule has 11 nitrogen and oxygen atoms in total. The zero-order valence-corrected chi connectivity index (χ0v) is 26.6. The number of carbonyl (C=O) groups excluding carboxylic acids is 2. The monoisotopic (exact) mass is 671 g/mol. The van der Waals surface area contributed by atoms with Crippen LogP contribution in [0.5, 0.6) is 5.75 Å². The number of rotatable bonds is 8. The normalized spacial score (nSPS) is 13.9. The van der Waals surface area contributed by atoms with Crippen LogP contribution in [-0.2, 0) is 14.8 Å². The molecule has 0 bridgehead atoms. The number of halogens is 2. The molecule has 0 saturated carbocycles. The molecule has 244 valence electrons. The lowest BCUT2D eigenvalue weighted by molar-refractivity contribution is -0.110. The molecular formula is C34H27F2N5O6S. The molecule has 7 rings (SSSR count). The van der Waals surface area contributed by atoms with E-state index in [0.29, 0.717) is 56.7 Å². The summed E-state index contributed by atoms with van der Waals surface area (Å²) in [6.07, 6.45) is 0.892. The Morgan fingerprint density at radius 1 is 1.06 bits per heavy atom. The maximum absolute atomic E-state index is 15.0. The molecule has 3 aromatic heterocycles. The lowest BCUT2D eigenvalue weighted by Gasteiger charge is -2.29. The van der Waals surface area contributed by atoms with Crippen LogP contribution < -0.4 is 19.7 Å². The molecular weight excluding hydrogens is 644 g/mol. The minimum atomic E-state index is -3.80. The molecule has 0 spiro atoms. The maximum Gasteiger partial charge on any atom is 0.255 e. The van der Waals surface area contributed by atoms with Crippen LogP contribution in [0.3, 0.4) is 0 Å². The van der Waals surface area contributed by atoms with Gasteiger partial charge < -0.3 is 24.4 Å². The molecule has 48 heavy (non-hydrogen) atoms. The third kappa shape index (κ3) is 5.01. The van der Waals surface area contributed by atoms with Crippen LogP contribution >= 0.6 is 0 Å². The fourth-order valence-electron chi connectivity index (χ4n) is 5.99. The molecule has 14 heteroatoms. The molecule has 1 atom stereocenters. The molecule has 4 heterocycles. The SMILES string of the molecule is CNC(=O)c1c(-c2ccc(F)cc2)oc2cc(N(C)S(C)(=O)=O)c(-c3ccc4c(n3)-c3cc5c(F)cccc5n3C(CNC=O)O4)cc12. The van der Waals surface area contributed by atoms with E-state index in [2.05, 4.69) is 10.6 Å². The highest BCUT2D eigenvalue weighted by Crippen LogP contribution is 2.45. The van der Waals surface area contributed by atoms with Crippen molar-refractivity contribution >= 4 is 49.9 Å². The summed E-state index contributed by atoms with van der Waals surface area (Å²) in [6, 6.07) is 18.2. The first-order chi connectivity index (χ1) is 23.0. The third-order valence-corrected chi connectivity index (χ3v) is 9.53. The van der Waals surface area contributed by atoms with Gasteiger partial charge in [-0.2, -0.15) is 0 Å². The quantitative estimate of drug-likeness (QED) is 0.205. The summed E-state index contributed by atoms with van der Waals surface area (Å²) in [7, 11) is -0.953. The van der Waals surface area contributed by atoms with Crippen LogP contribution in [0.2, 0.25) is 0 Å². The summed E-state index contributed by atoms with van der Waals surface area (Å²) in [5.74, 6) is -0.861. The van der Waals surface area contributed by atoms with Gasteiger partial charge in [-0.05, 0) is 60.7 Å². The van der Waals surface area contributed by atoms with Gasteiger partial charge in [-0.3, -0.25) is 13.9 Å². The average Bonchev–Trinajstić information content (AvgIpc) is 3.66. The first-order valence-electron chi connectivity index (χ1n) is 14.7. The van der Waals surface area contributed by atoms with E-state index in [0.717, 1.165) is 10.6 Å². The largest absolute Gasteiger partial charge is 0.466 e. The van der Waals surface area contributed by atoms with Crippen LogP contribution in [0.25, 0.3) is 55.8 Å². The van der Waals surface area contributed by atoms with Crippen LogP contribution in [0, 0.1) is 11.6 Å². The van der Waals surface area contributed by atoms with E-state index in [9.17, 15) is 26.8 Å². The summed E-state index contributed by atoms with van der Waals surface area (Å²) in [5.41, 5.74) is 3.08. The molecule has 2 N–H and O–H groups in total. The van der Waals surface area contributed by atoms with E-state index in [4.69, 9.17) is 14.1 Å². The number of aromatic nitrogens is 2. The van der Waals surface area contributed by atoms with Gasteiger partial charge in [0, 0.05) is 42.1 Å². The van der Waals surface area contributed by atoms with E-state index in [1.807, 2.05) is 0 Å². The number of nitrogens with zero attached hydrogens (tertiary/aromatic N) is 3. The number of nitrogens with one attached hydrogen (secondary N) is 2. The molecule has 0 saturated heterocycles. The zero-order chi connectivity index (χ0) is 33.9. The highest BCUT2D eigenvalue weighted by molar-refractivity contribution is 7.92. The Hall–Kier alpha value is -5.76. The number of amides is 2. The molecule has 3 aromatic carbocycles. The van der Waals surface area contributed by atoms with Gasteiger partial charge in [0.25, 0.3) is 5.91 Å². The Balaban J connectivity index is 1.48. The number of benzene rings is 3. The fourth-order valence-corrected chi connectivity index (χ4v) is 6.50. The second-order valence-corrected chi connectivity index (χ2v) is 13.2. The van der Waals surface area contributed by atoms with Crippen LogP contribution in [0.15, 0.2) is 77.2 Å². The van der Waals surface area contributed by atoms with Gasteiger partial charge in [0.05, 0.1) is 41.0 Å². The minimum Gasteiger partial charge on any atom is -0.466 e. The van der Waals surface area contributed by atoms with Gasteiger partial charge in [0.1, 0.15) is 34.4 Å². The topological polar surface area (TPSA) is 136 Å². The lowest BCUT2D eigenvalue weighted by Crippen LogP contribution is -2.31. The number of pyridine rings is 1. The van der Waals surface area contributed by atoms with E-state index in [-0.39, 0.29) is 29.1 Å². The predicted octanol–water partition coefficient (Wildman–Crippen LogP) is 5.45. The highest BCUT2D eigenvalue weighted by Gasteiger charge is 2.31. The van der Waals surface area contributed by atoms with E-state index >= 15 is 0 Å². The Morgan fingerprint density at radius 2 is 1.83 bits per heavy atom. The second-order valence-electron chi connectivity index (χ2n) is 11.2. The Bertz CT molecular complexity index is 2390. The van der Waals surface area contributed by atoms with Crippen LogP contribution in [-0.4, -0.2) is 57.2 Å². The predicted molar refractivity (Wildman–Crippen MR) is 176 cm³/mol. The summed E-state index contributed by atoms with van der Waals surface area (Å²) in [6.45, 7) is 0.0943. The minimum absolute atomic E-state index is 0.0943. The van der Waals surface area contributed by atoms with Crippen LogP contribution in [0.1, 0.15) is 16.6 Å². The summed E-state index contributed by atoms with van der Waals surface area (Å²) in [4.78, 5) is 29.3. The Labute approximate surface area is 272 Å². The Morgan fingerprint density at radius 3 is 2.54 bits per heavy atom. The number of sulfonamides is 1. The number of anilines is 1. The fraction of sp³-hybridized carbons (Fsp3) is 0.147. The second kappa shape index (κ2) is 11.5. The molecule has 2 amide bonds. The van der Waals surface area contributed by atoms with E-state index in [1.165, 1.54) is 50.5 Å². The van der Waals surface area contributed by atoms with Gasteiger partial charge in [0.2, 0.25) is 16.4 Å². The van der Waals surface area contributed by atoms with Gasteiger partial charge >= 0.3 is 0 Å². The van der Waals surface area contributed by atoms with Gasteiger partial charge in [-0.1, -0.05) is 6.07 Å². The van der Waals surface area contributed by atoms with Crippen molar-refractivity contribution in [3.8, 4) is 39.7 Å². The van der Waals surface area contributed by atoms with Crippen molar-refractivity contribution in [3.05, 3.63) is 90.0 Å². The zero-order valence-electron chi connectivity index (χ0n) is 25.7. The van der Waals surface area contributed by atoms with E-state index < -0.39 is 33.8 Å². The summed E-state index contributed by atoms with van der Waals surface area (Å²) < 4.78 is 69.7. The van der Waals surface area contributed by atoms with Crippen molar-refractivity contribution in [2.75, 3.05) is 31.2 Å². The van der Waals surface area contributed by atoms with Crippen molar-refractivity contribution in [1.29, 1.82) is 0 Å². The first-order valence-corrected chi connectivity index (χ1v) is 16.5. The number of carbonyl (C=O) groups is 2. The smallest absolute Gasteiger partial charge is 0.255 e.